The van der Waals surface area contributed by atoms with Gasteiger partial charge in [-0.1, -0.05) is 0 Å². The van der Waals surface area contributed by atoms with Gasteiger partial charge in [-0.3, -0.25) is 0 Å². The molecule has 0 amide bonds. The molecule has 3 saturated carbocycles. The van der Waals surface area contributed by atoms with Gasteiger partial charge in [0.25, 0.3) is 0 Å². The van der Waals surface area contributed by atoms with Crippen LogP contribution >= 0.6 is 0 Å². The van der Waals surface area contributed by atoms with Crippen molar-refractivity contribution < 1.29 is 27.4 Å². The molecule has 3 N–H and O–H groups in total. The van der Waals surface area contributed by atoms with E-state index in [-0.39, 0.29) is 23.2 Å². The molecule has 29 heavy (non-hydrogen) atoms. The Kier molecular flexibility index (Phi) is 3.90. The van der Waals surface area contributed by atoms with Gasteiger partial charge < -0.3 is 20.1 Å². The van der Waals surface area contributed by atoms with Crippen molar-refractivity contribution in [3.05, 3.63) is 24.3 Å². The second kappa shape index (κ2) is 6.07. The van der Waals surface area contributed by atoms with Crippen molar-refractivity contribution in [3.63, 3.8) is 0 Å². The highest BCUT2D eigenvalue weighted by molar-refractivity contribution is 5.64. The van der Waals surface area contributed by atoms with Gasteiger partial charge in [0.05, 0.1) is 11.2 Å². The monoisotopic (exact) mass is 412 g/mol. The fourth-order valence-electron chi connectivity index (χ4n) is 4.66. The van der Waals surface area contributed by atoms with Gasteiger partial charge in [0.1, 0.15) is 18.1 Å². The number of fused-ring (bicyclic) bond motifs is 1. The first-order chi connectivity index (χ1) is 13.7. The fourth-order valence-corrected chi connectivity index (χ4v) is 4.66. The van der Waals surface area contributed by atoms with Crippen molar-refractivity contribution >= 4 is 5.82 Å². The predicted molar refractivity (Wildman–Crippen MR) is 94.4 cm³/mol. The Labute approximate surface area is 163 Å². The molecule has 0 aromatic carbocycles. The highest BCUT2D eigenvalue weighted by Crippen LogP contribution is 2.61. The summed E-state index contributed by atoms with van der Waals surface area (Å²) in [7, 11) is 0. The van der Waals surface area contributed by atoms with Crippen LogP contribution in [0.1, 0.15) is 44.0 Å². The summed E-state index contributed by atoms with van der Waals surface area (Å²) in [6.45, 7) is 0. The second-order valence-electron chi connectivity index (χ2n) is 8.26. The van der Waals surface area contributed by atoms with E-state index in [1.165, 1.54) is 6.20 Å². The average Bonchev–Trinajstić information content (AvgIpc) is 3.38. The molecule has 0 spiro atoms. The molecule has 10 heteroatoms. The Morgan fingerprint density at radius 2 is 2.07 bits per heavy atom. The van der Waals surface area contributed by atoms with Gasteiger partial charge in [-0.05, 0) is 37.7 Å². The van der Waals surface area contributed by atoms with E-state index >= 15 is 0 Å². The quantitative estimate of drug-likeness (QED) is 0.731. The van der Waals surface area contributed by atoms with Gasteiger partial charge in [-0.2, -0.15) is 0 Å². The van der Waals surface area contributed by atoms with Crippen LogP contribution in [0.5, 0.6) is 5.75 Å². The minimum atomic E-state index is -4.90. The van der Waals surface area contributed by atoms with Crippen molar-refractivity contribution in [3.8, 4) is 17.0 Å². The van der Waals surface area contributed by atoms with Crippen LogP contribution < -0.4 is 10.5 Å². The lowest BCUT2D eigenvalue weighted by Gasteiger charge is -2.61. The van der Waals surface area contributed by atoms with Gasteiger partial charge in [0.2, 0.25) is 0 Å². The summed E-state index contributed by atoms with van der Waals surface area (Å²) in [5.74, 6) is -0.562. The standard InChI is InChI=1S/C19H20F4N4O2/c20-12-6-18(4-3-11(12)18)27-8-13(26-17(27)15(28)9-1-2-9)10-5-14(16(24)25-7-10)29-19(21,22)23/h5,7-9,11-12,15,28H,1-4,6H2,(H2,24,25)/t11?,12?,15-,18?/m0/s1. The molecule has 0 saturated heterocycles. The zero-order valence-corrected chi connectivity index (χ0v) is 15.4. The number of anilines is 1. The first kappa shape index (κ1) is 18.7. The SMILES string of the molecule is Nc1ncc(-c2cn(C34CCC3C(F)C4)c([C@@H](O)C3CC3)n2)cc1OC(F)(F)F. The number of ether oxygens (including phenoxy) is 1. The van der Waals surface area contributed by atoms with Crippen LogP contribution in [0.15, 0.2) is 18.5 Å². The largest absolute Gasteiger partial charge is 0.573 e. The van der Waals surface area contributed by atoms with Gasteiger partial charge >= 0.3 is 6.36 Å². The maximum Gasteiger partial charge on any atom is 0.573 e. The second-order valence-corrected chi connectivity index (χ2v) is 8.26. The van der Waals surface area contributed by atoms with E-state index in [0.717, 1.165) is 31.7 Å². The maximum atomic E-state index is 14.0. The van der Waals surface area contributed by atoms with E-state index in [0.29, 0.717) is 17.9 Å². The van der Waals surface area contributed by atoms with Crippen molar-refractivity contribution in [1.29, 1.82) is 0 Å². The zero-order valence-electron chi connectivity index (χ0n) is 15.4. The Hall–Kier alpha value is -2.36. The fraction of sp³-hybridized carbons (Fsp3) is 0.579. The number of halogens is 4. The molecular formula is C19H20F4N4O2. The molecule has 0 bridgehead atoms. The van der Waals surface area contributed by atoms with Crippen LogP contribution in [0.4, 0.5) is 23.4 Å². The molecule has 0 aliphatic heterocycles. The zero-order chi connectivity index (χ0) is 20.6. The summed E-state index contributed by atoms with van der Waals surface area (Å²) < 4.78 is 57.7. The van der Waals surface area contributed by atoms with E-state index < -0.39 is 29.9 Å². The molecule has 5 rings (SSSR count). The summed E-state index contributed by atoms with van der Waals surface area (Å²) in [6.07, 6.45) is 0.146. The summed E-state index contributed by atoms with van der Waals surface area (Å²) in [5.41, 5.74) is 5.74. The van der Waals surface area contributed by atoms with Crippen LogP contribution in [0.25, 0.3) is 11.3 Å². The molecule has 3 aliphatic rings. The van der Waals surface area contributed by atoms with Crippen LogP contribution in [0, 0.1) is 11.8 Å². The lowest BCUT2D eigenvalue weighted by Crippen LogP contribution is -2.63. The highest BCUT2D eigenvalue weighted by Gasteiger charge is 2.62. The molecule has 4 atom stereocenters. The Morgan fingerprint density at radius 1 is 1.31 bits per heavy atom. The minimum Gasteiger partial charge on any atom is -0.402 e. The third-order valence-corrected chi connectivity index (χ3v) is 6.51. The first-order valence-electron chi connectivity index (χ1n) is 9.61. The number of rotatable bonds is 5. The van der Waals surface area contributed by atoms with Crippen molar-refractivity contribution in [2.24, 2.45) is 11.8 Å². The third-order valence-electron chi connectivity index (χ3n) is 6.51. The molecular weight excluding hydrogens is 392 g/mol. The van der Waals surface area contributed by atoms with Crippen LogP contribution in [-0.2, 0) is 5.54 Å². The number of nitrogen functional groups attached to an aromatic ring is 1. The first-order valence-corrected chi connectivity index (χ1v) is 9.61. The molecule has 0 radical (unpaired) electrons. The predicted octanol–water partition coefficient (Wildman–Crippen LogP) is 3.72. The van der Waals surface area contributed by atoms with E-state index in [2.05, 4.69) is 14.7 Å². The number of imidazole rings is 1. The van der Waals surface area contributed by atoms with E-state index in [1.807, 2.05) is 4.57 Å². The Morgan fingerprint density at radius 3 is 2.62 bits per heavy atom. The molecule has 6 nitrogen and oxygen atoms in total. The number of aliphatic hydroxyl groups excluding tert-OH is 1. The van der Waals surface area contributed by atoms with Crippen LogP contribution in [0.2, 0.25) is 0 Å². The number of nitrogens with zero attached hydrogens (tertiary/aromatic N) is 3. The molecule has 2 aromatic heterocycles. The smallest absolute Gasteiger partial charge is 0.402 e. The minimum absolute atomic E-state index is 0.105. The summed E-state index contributed by atoms with van der Waals surface area (Å²) in [6, 6.07) is 1.13. The van der Waals surface area contributed by atoms with E-state index in [4.69, 9.17) is 5.73 Å². The van der Waals surface area contributed by atoms with Crippen molar-refractivity contribution in [1.82, 2.24) is 14.5 Å². The maximum absolute atomic E-state index is 14.0. The average molecular weight is 412 g/mol. The van der Waals surface area contributed by atoms with Gasteiger partial charge in [-0.15, -0.1) is 13.2 Å². The number of hydrogen-bond acceptors (Lipinski definition) is 5. The molecule has 3 fully saturated rings. The van der Waals surface area contributed by atoms with Gasteiger partial charge in [-0.25, -0.2) is 14.4 Å². The number of aliphatic hydroxyl groups is 1. The molecule has 3 unspecified atom stereocenters. The number of nitrogens with two attached hydrogens (primary N) is 1. The number of pyridine rings is 1. The van der Waals surface area contributed by atoms with Crippen LogP contribution in [0.3, 0.4) is 0 Å². The van der Waals surface area contributed by atoms with Crippen molar-refractivity contribution in [2.75, 3.05) is 5.73 Å². The van der Waals surface area contributed by atoms with Gasteiger partial charge in [0, 0.05) is 30.3 Å². The van der Waals surface area contributed by atoms with E-state index in [9.17, 15) is 22.7 Å². The summed E-state index contributed by atoms with van der Waals surface area (Å²) in [4.78, 5) is 8.31. The highest BCUT2D eigenvalue weighted by atomic mass is 19.4. The number of hydrogen-bond donors (Lipinski definition) is 2. The van der Waals surface area contributed by atoms with Gasteiger partial charge in [0.15, 0.2) is 11.6 Å². The van der Waals surface area contributed by atoms with Crippen LogP contribution in [-0.4, -0.2) is 32.2 Å². The third kappa shape index (κ3) is 2.95. The molecule has 156 valence electrons. The normalized spacial score (nSPS) is 29.6. The Balaban J connectivity index is 1.55. The molecule has 2 heterocycles. The lowest BCUT2D eigenvalue weighted by atomic mass is 9.52. The lowest BCUT2D eigenvalue weighted by molar-refractivity contribution is -0.274. The van der Waals surface area contributed by atoms with Crippen molar-refractivity contribution in [2.45, 2.75) is 56.3 Å². The topological polar surface area (TPSA) is 86.2 Å². The Bertz CT molecular complexity index is 958. The number of alkyl halides is 4. The molecule has 2 aromatic rings. The molecule has 3 aliphatic carbocycles. The number of aromatic nitrogens is 3. The summed E-state index contributed by atoms with van der Waals surface area (Å²) in [5, 5.41) is 10.7. The summed E-state index contributed by atoms with van der Waals surface area (Å²) >= 11 is 0. The van der Waals surface area contributed by atoms with E-state index in [1.54, 1.807) is 6.20 Å².